The summed E-state index contributed by atoms with van der Waals surface area (Å²) in [6, 6.07) is 6.02. The molecule has 2 aromatic rings. The number of carbonyl (C=O) groups is 2. The lowest BCUT2D eigenvalue weighted by Crippen LogP contribution is -2.51. The number of benzene rings is 1. The van der Waals surface area contributed by atoms with Gasteiger partial charge in [0.15, 0.2) is 5.16 Å². The van der Waals surface area contributed by atoms with Gasteiger partial charge in [0.1, 0.15) is 11.5 Å². The molecule has 0 aliphatic carbocycles. The van der Waals surface area contributed by atoms with Crippen LogP contribution in [0.4, 0.5) is 4.39 Å². The Hall–Kier alpha value is -2.39. The molecule has 0 spiro atoms. The molecule has 1 N–H and O–H groups in total. The lowest BCUT2D eigenvalue weighted by atomic mass is 10.2. The number of aromatic nitrogens is 2. The van der Waals surface area contributed by atoms with Crippen molar-refractivity contribution in [2.45, 2.75) is 18.5 Å². The van der Waals surface area contributed by atoms with E-state index in [0.29, 0.717) is 55.8 Å². The monoisotopic (exact) mass is 419 g/mol. The Labute approximate surface area is 174 Å². The van der Waals surface area contributed by atoms with Crippen LogP contribution in [0.3, 0.4) is 0 Å². The first-order chi connectivity index (χ1) is 14.0. The summed E-state index contributed by atoms with van der Waals surface area (Å²) < 4.78 is 15.1. The first-order valence-electron chi connectivity index (χ1n) is 9.69. The van der Waals surface area contributed by atoms with Gasteiger partial charge in [-0.05, 0) is 36.9 Å². The van der Waals surface area contributed by atoms with Crippen LogP contribution in [0.25, 0.3) is 5.69 Å². The highest BCUT2D eigenvalue weighted by molar-refractivity contribution is 7.98. The van der Waals surface area contributed by atoms with Crippen molar-refractivity contribution >= 4 is 23.6 Å². The van der Waals surface area contributed by atoms with Gasteiger partial charge in [-0.3, -0.25) is 19.1 Å². The number of halogens is 1. The average Bonchev–Trinajstić information content (AvgIpc) is 3.17. The molecule has 156 valence electrons. The third kappa shape index (κ3) is 5.16. The maximum Gasteiger partial charge on any atom is 0.272 e. The molecule has 0 saturated carbocycles. The van der Waals surface area contributed by atoms with Crippen LogP contribution in [0.15, 0.2) is 35.6 Å². The molecule has 3 rings (SSSR count). The second-order valence-corrected chi connectivity index (χ2v) is 7.63. The van der Waals surface area contributed by atoms with E-state index in [4.69, 9.17) is 0 Å². The van der Waals surface area contributed by atoms with Gasteiger partial charge in [0, 0.05) is 38.4 Å². The predicted molar refractivity (Wildman–Crippen MR) is 111 cm³/mol. The van der Waals surface area contributed by atoms with E-state index in [1.54, 1.807) is 27.8 Å². The van der Waals surface area contributed by atoms with E-state index in [9.17, 15) is 14.0 Å². The number of carbonyl (C=O) groups excluding carboxylic acids is 2. The largest absolute Gasteiger partial charge is 0.355 e. The number of thioether (sulfide) groups is 1. The molecule has 2 heterocycles. The molecule has 1 fully saturated rings. The van der Waals surface area contributed by atoms with Gasteiger partial charge in [-0.1, -0.05) is 18.7 Å². The average molecular weight is 420 g/mol. The molecule has 29 heavy (non-hydrogen) atoms. The van der Waals surface area contributed by atoms with Crippen LogP contribution in [-0.2, 0) is 4.79 Å². The molecule has 9 heteroatoms. The first kappa shape index (κ1) is 21.3. The zero-order valence-corrected chi connectivity index (χ0v) is 17.5. The molecule has 0 atom stereocenters. The Morgan fingerprint density at radius 3 is 2.48 bits per heavy atom. The number of piperazine rings is 1. The number of rotatable bonds is 7. The van der Waals surface area contributed by atoms with Crippen molar-refractivity contribution in [3.8, 4) is 5.69 Å². The Bertz CT molecular complexity index is 847. The molecule has 1 aliphatic heterocycles. The van der Waals surface area contributed by atoms with E-state index in [-0.39, 0.29) is 17.6 Å². The van der Waals surface area contributed by atoms with Crippen molar-refractivity contribution in [3.05, 3.63) is 42.0 Å². The van der Waals surface area contributed by atoms with Crippen molar-refractivity contribution in [3.63, 3.8) is 0 Å². The van der Waals surface area contributed by atoms with Gasteiger partial charge >= 0.3 is 0 Å². The minimum atomic E-state index is -0.327. The zero-order valence-electron chi connectivity index (χ0n) is 16.7. The van der Waals surface area contributed by atoms with E-state index < -0.39 is 0 Å². The van der Waals surface area contributed by atoms with Gasteiger partial charge in [0.05, 0.1) is 12.7 Å². The Balaban J connectivity index is 1.68. The van der Waals surface area contributed by atoms with Crippen molar-refractivity contribution in [1.82, 2.24) is 24.7 Å². The van der Waals surface area contributed by atoms with E-state index >= 15 is 0 Å². The quantitative estimate of drug-likeness (QED) is 0.696. The third-order valence-electron chi connectivity index (χ3n) is 4.81. The van der Waals surface area contributed by atoms with Gasteiger partial charge < -0.3 is 10.2 Å². The van der Waals surface area contributed by atoms with Crippen LogP contribution in [0.2, 0.25) is 0 Å². The number of nitrogens with zero attached hydrogens (tertiary/aromatic N) is 4. The molecule has 7 nitrogen and oxygen atoms in total. The van der Waals surface area contributed by atoms with Crippen LogP contribution in [-0.4, -0.2) is 76.7 Å². The first-order valence-corrected chi connectivity index (χ1v) is 10.9. The summed E-state index contributed by atoms with van der Waals surface area (Å²) in [5, 5.41) is 3.55. The van der Waals surface area contributed by atoms with Gasteiger partial charge in [-0.25, -0.2) is 9.37 Å². The normalized spacial score (nSPS) is 14.8. The van der Waals surface area contributed by atoms with E-state index in [0.717, 1.165) is 6.42 Å². The lowest BCUT2D eigenvalue weighted by molar-refractivity contribution is -0.122. The minimum Gasteiger partial charge on any atom is -0.355 e. The van der Waals surface area contributed by atoms with Gasteiger partial charge in [0.2, 0.25) is 5.91 Å². The number of amides is 2. The molecule has 1 aromatic carbocycles. The number of nitrogens with one attached hydrogen (secondary N) is 1. The molecule has 0 bridgehead atoms. The summed E-state index contributed by atoms with van der Waals surface area (Å²) in [5.41, 5.74) is 1.15. The number of hydrogen-bond acceptors (Lipinski definition) is 5. The SMILES string of the molecule is CCCNC(=O)CN1CCN(C(=O)c2cnc(SC)n2-c2ccc(F)cc2)CC1. The highest BCUT2D eigenvalue weighted by atomic mass is 32.2. The lowest BCUT2D eigenvalue weighted by Gasteiger charge is -2.34. The standard InChI is InChI=1S/C20H26FN5O2S/c1-3-8-22-18(27)14-24-9-11-25(12-10-24)19(28)17-13-23-20(29-2)26(17)16-6-4-15(21)5-7-16/h4-7,13H,3,8-12,14H2,1-2H3,(H,22,27). The maximum atomic E-state index is 13.3. The fourth-order valence-electron chi connectivity index (χ4n) is 3.26. The fourth-order valence-corrected chi connectivity index (χ4v) is 3.81. The number of hydrogen-bond donors (Lipinski definition) is 1. The summed E-state index contributed by atoms with van der Waals surface area (Å²) >= 11 is 1.43. The van der Waals surface area contributed by atoms with Crippen molar-refractivity contribution in [2.75, 3.05) is 45.5 Å². The molecule has 1 saturated heterocycles. The van der Waals surface area contributed by atoms with Crippen LogP contribution < -0.4 is 5.32 Å². The minimum absolute atomic E-state index is 0.0191. The molecular weight excluding hydrogens is 393 g/mol. The van der Waals surface area contributed by atoms with Crippen molar-refractivity contribution < 1.29 is 14.0 Å². The van der Waals surface area contributed by atoms with E-state index in [2.05, 4.69) is 15.2 Å². The Morgan fingerprint density at radius 1 is 1.17 bits per heavy atom. The van der Waals surface area contributed by atoms with Gasteiger partial charge in [0.25, 0.3) is 5.91 Å². The second kappa shape index (κ2) is 9.89. The topological polar surface area (TPSA) is 70.5 Å². The zero-order chi connectivity index (χ0) is 20.8. The van der Waals surface area contributed by atoms with Crippen LogP contribution in [0.1, 0.15) is 23.8 Å². The molecule has 1 aliphatic rings. The summed E-state index contributed by atoms with van der Waals surface area (Å²) in [5.74, 6) is -0.422. The van der Waals surface area contributed by atoms with E-state index in [1.807, 2.05) is 13.2 Å². The Kier molecular flexibility index (Phi) is 7.27. The van der Waals surface area contributed by atoms with E-state index in [1.165, 1.54) is 23.9 Å². The predicted octanol–water partition coefficient (Wildman–Crippen LogP) is 2.02. The summed E-state index contributed by atoms with van der Waals surface area (Å²) in [7, 11) is 0. The summed E-state index contributed by atoms with van der Waals surface area (Å²) in [4.78, 5) is 33.2. The van der Waals surface area contributed by atoms with Gasteiger partial charge in [-0.15, -0.1) is 0 Å². The molecule has 0 radical (unpaired) electrons. The molecule has 0 unspecified atom stereocenters. The highest BCUT2D eigenvalue weighted by Crippen LogP contribution is 2.23. The molecular formula is C20H26FN5O2S. The highest BCUT2D eigenvalue weighted by Gasteiger charge is 2.26. The molecule has 2 amide bonds. The Morgan fingerprint density at radius 2 is 1.86 bits per heavy atom. The number of imidazole rings is 1. The maximum absolute atomic E-state index is 13.3. The van der Waals surface area contributed by atoms with Crippen LogP contribution >= 0.6 is 11.8 Å². The second-order valence-electron chi connectivity index (χ2n) is 6.86. The third-order valence-corrected chi connectivity index (χ3v) is 5.47. The molecule has 1 aromatic heterocycles. The smallest absolute Gasteiger partial charge is 0.272 e. The van der Waals surface area contributed by atoms with Crippen molar-refractivity contribution in [2.24, 2.45) is 0 Å². The van der Waals surface area contributed by atoms with Crippen LogP contribution in [0.5, 0.6) is 0 Å². The summed E-state index contributed by atoms with van der Waals surface area (Å²) in [6.45, 7) is 5.43. The van der Waals surface area contributed by atoms with Gasteiger partial charge in [-0.2, -0.15) is 0 Å². The summed E-state index contributed by atoms with van der Waals surface area (Å²) in [6.07, 6.45) is 4.37. The van der Waals surface area contributed by atoms with Crippen LogP contribution in [0, 0.1) is 5.82 Å². The van der Waals surface area contributed by atoms with Crippen molar-refractivity contribution in [1.29, 1.82) is 0 Å². The fraction of sp³-hybridized carbons (Fsp3) is 0.450.